The van der Waals surface area contributed by atoms with Crippen LogP contribution in [-0.4, -0.2) is 15.4 Å². The molecule has 0 atom stereocenters. The normalized spacial score (nSPS) is 10.5. The molecule has 0 unspecified atom stereocenters. The highest BCUT2D eigenvalue weighted by Crippen LogP contribution is 2.21. The molecule has 0 aliphatic heterocycles. The summed E-state index contributed by atoms with van der Waals surface area (Å²) in [6, 6.07) is 3.98. The van der Waals surface area contributed by atoms with Gasteiger partial charge in [0.2, 0.25) is 5.78 Å². The Labute approximate surface area is 106 Å². The maximum atomic E-state index is 13.6. The zero-order valence-electron chi connectivity index (χ0n) is 8.91. The van der Waals surface area contributed by atoms with Crippen LogP contribution in [-0.2, 0) is 6.42 Å². The highest BCUT2D eigenvalue weighted by Gasteiger charge is 2.20. The molecule has 0 N–H and O–H groups in total. The van der Waals surface area contributed by atoms with Crippen molar-refractivity contribution in [2.45, 2.75) is 13.3 Å². The van der Waals surface area contributed by atoms with Gasteiger partial charge in [-0.3, -0.25) is 4.79 Å². The summed E-state index contributed by atoms with van der Waals surface area (Å²) in [7, 11) is 0. The molecule has 0 spiro atoms. The van der Waals surface area contributed by atoms with E-state index in [0.29, 0.717) is 17.0 Å². The molecular formula is C11H8ClFN2OS. The Bertz CT molecular complexity index is 570. The fourth-order valence-corrected chi connectivity index (χ4v) is 2.27. The molecule has 0 bridgehead atoms. The fraction of sp³-hybridized carbons (Fsp3) is 0.182. The number of nitrogens with zero attached hydrogens (tertiary/aromatic N) is 2. The van der Waals surface area contributed by atoms with Crippen LogP contribution >= 0.6 is 23.1 Å². The Morgan fingerprint density at radius 3 is 2.94 bits per heavy atom. The lowest BCUT2D eigenvalue weighted by Gasteiger charge is -2.01. The van der Waals surface area contributed by atoms with Gasteiger partial charge in [-0.25, -0.2) is 4.39 Å². The van der Waals surface area contributed by atoms with Crippen molar-refractivity contribution in [3.05, 3.63) is 45.2 Å². The number of aromatic nitrogens is 2. The summed E-state index contributed by atoms with van der Waals surface area (Å²) < 4.78 is 17.3. The lowest BCUT2D eigenvalue weighted by molar-refractivity contribution is 0.103. The topological polar surface area (TPSA) is 42.9 Å². The van der Waals surface area contributed by atoms with Gasteiger partial charge in [0.15, 0.2) is 0 Å². The van der Waals surface area contributed by atoms with Crippen LogP contribution in [0.1, 0.15) is 27.9 Å². The van der Waals surface area contributed by atoms with Crippen molar-refractivity contribution >= 4 is 28.9 Å². The second-order valence-corrected chi connectivity index (χ2v) is 4.55. The van der Waals surface area contributed by atoms with Gasteiger partial charge in [0.05, 0.1) is 11.3 Å². The van der Waals surface area contributed by atoms with Crippen LogP contribution < -0.4 is 0 Å². The van der Waals surface area contributed by atoms with Gasteiger partial charge in [0.25, 0.3) is 0 Å². The molecule has 0 saturated carbocycles. The number of hydrogen-bond acceptors (Lipinski definition) is 4. The Morgan fingerprint density at radius 1 is 1.53 bits per heavy atom. The molecule has 1 aromatic carbocycles. The van der Waals surface area contributed by atoms with Gasteiger partial charge in [-0.2, -0.15) is 0 Å². The molecule has 2 aromatic rings. The lowest BCUT2D eigenvalue weighted by atomic mass is 10.1. The molecule has 17 heavy (non-hydrogen) atoms. The molecule has 3 nitrogen and oxygen atoms in total. The van der Waals surface area contributed by atoms with Crippen molar-refractivity contribution in [3.63, 3.8) is 0 Å². The third-order valence-electron chi connectivity index (χ3n) is 2.27. The van der Waals surface area contributed by atoms with Crippen LogP contribution in [0.5, 0.6) is 0 Å². The van der Waals surface area contributed by atoms with E-state index in [1.807, 2.05) is 6.92 Å². The van der Waals surface area contributed by atoms with E-state index in [4.69, 9.17) is 11.6 Å². The maximum absolute atomic E-state index is 13.6. The Kier molecular flexibility index (Phi) is 3.49. The minimum absolute atomic E-state index is 0.00449. The largest absolute Gasteiger partial charge is 0.287 e. The lowest BCUT2D eigenvalue weighted by Crippen LogP contribution is -2.05. The Hall–Kier alpha value is -1.33. The molecule has 0 radical (unpaired) electrons. The van der Waals surface area contributed by atoms with E-state index in [0.717, 1.165) is 17.6 Å². The van der Waals surface area contributed by atoms with Gasteiger partial charge in [-0.15, -0.1) is 5.10 Å². The molecule has 88 valence electrons. The minimum Gasteiger partial charge on any atom is -0.287 e. The van der Waals surface area contributed by atoms with E-state index in [9.17, 15) is 9.18 Å². The first kappa shape index (κ1) is 12.1. The number of rotatable bonds is 3. The van der Waals surface area contributed by atoms with Gasteiger partial charge < -0.3 is 0 Å². The van der Waals surface area contributed by atoms with Crippen molar-refractivity contribution in [3.8, 4) is 0 Å². The predicted octanol–water partition coefficient (Wildman–Crippen LogP) is 3.12. The zero-order valence-corrected chi connectivity index (χ0v) is 10.5. The molecule has 1 heterocycles. The number of carbonyl (C=O) groups is 1. The summed E-state index contributed by atoms with van der Waals surface area (Å²) in [6.45, 7) is 1.87. The van der Waals surface area contributed by atoms with Crippen molar-refractivity contribution < 1.29 is 9.18 Å². The summed E-state index contributed by atoms with van der Waals surface area (Å²) in [5.74, 6) is -1.02. The molecular weight excluding hydrogens is 263 g/mol. The highest BCUT2D eigenvalue weighted by molar-refractivity contribution is 7.08. The van der Waals surface area contributed by atoms with Crippen molar-refractivity contribution in [2.24, 2.45) is 0 Å². The predicted molar refractivity (Wildman–Crippen MR) is 64.1 cm³/mol. The number of carbonyl (C=O) groups excluding carboxylic acids is 1. The zero-order chi connectivity index (χ0) is 12.4. The van der Waals surface area contributed by atoms with Crippen molar-refractivity contribution in [1.29, 1.82) is 0 Å². The number of ketones is 1. The van der Waals surface area contributed by atoms with Crippen molar-refractivity contribution in [2.75, 3.05) is 0 Å². The smallest absolute Gasteiger partial charge is 0.209 e. The quantitative estimate of drug-likeness (QED) is 0.805. The molecule has 0 amide bonds. The molecule has 0 aliphatic carbocycles. The first-order chi connectivity index (χ1) is 8.13. The number of benzene rings is 1. The number of hydrogen-bond donors (Lipinski definition) is 0. The standard InChI is InChI=1S/C11H8ClFN2OS/c1-2-9-11(17-15-14-9)10(16)7-4-3-6(12)5-8(7)13/h3-5H,2H2,1H3. The summed E-state index contributed by atoms with van der Waals surface area (Å²) in [5, 5.41) is 4.09. The van der Waals surface area contributed by atoms with E-state index in [1.54, 1.807) is 0 Å². The molecule has 1 aromatic heterocycles. The molecule has 0 aliphatic rings. The van der Waals surface area contributed by atoms with Crippen LogP contribution in [0.3, 0.4) is 0 Å². The van der Waals surface area contributed by atoms with Crippen LogP contribution in [0.25, 0.3) is 0 Å². The van der Waals surface area contributed by atoms with Gasteiger partial charge in [-0.05, 0) is 36.2 Å². The summed E-state index contributed by atoms with van der Waals surface area (Å²) in [6.07, 6.45) is 0.590. The molecule has 0 saturated heterocycles. The summed E-state index contributed by atoms with van der Waals surface area (Å²) in [5.41, 5.74) is 0.588. The van der Waals surface area contributed by atoms with E-state index in [1.165, 1.54) is 12.1 Å². The minimum atomic E-state index is -0.627. The third kappa shape index (κ3) is 2.35. The van der Waals surface area contributed by atoms with Crippen molar-refractivity contribution in [1.82, 2.24) is 9.59 Å². The second kappa shape index (κ2) is 4.89. The van der Waals surface area contributed by atoms with Gasteiger partial charge in [-0.1, -0.05) is 23.0 Å². The molecule has 2 rings (SSSR count). The SMILES string of the molecule is CCc1nnsc1C(=O)c1ccc(Cl)cc1F. The second-order valence-electron chi connectivity index (χ2n) is 3.36. The number of halogens is 2. The fourth-order valence-electron chi connectivity index (χ4n) is 1.41. The van der Waals surface area contributed by atoms with E-state index < -0.39 is 11.6 Å². The third-order valence-corrected chi connectivity index (χ3v) is 3.27. The van der Waals surface area contributed by atoms with Crippen LogP contribution in [0.2, 0.25) is 5.02 Å². The van der Waals surface area contributed by atoms with Crippen LogP contribution in [0.15, 0.2) is 18.2 Å². The average molecular weight is 271 g/mol. The highest BCUT2D eigenvalue weighted by atomic mass is 35.5. The van der Waals surface area contributed by atoms with Crippen LogP contribution in [0, 0.1) is 5.82 Å². The van der Waals surface area contributed by atoms with Gasteiger partial charge in [0.1, 0.15) is 10.7 Å². The van der Waals surface area contributed by atoms with Gasteiger partial charge >= 0.3 is 0 Å². The van der Waals surface area contributed by atoms with E-state index in [2.05, 4.69) is 9.59 Å². The van der Waals surface area contributed by atoms with Gasteiger partial charge in [0, 0.05) is 5.02 Å². The summed E-state index contributed by atoms with van der Waals surface area (Å²) in [4.78, 5) is 12.4. The molecule has 6 heteroatoms. The maximum Gasteiger partial charge on any atom is 0.209 e. The monoisotopic (exact) mass is 270 g/mol. The Morgan fingerprint density at radius 2 is 2.29 bits per heavy atom. The first-order valence-electron chi connectivity index (χ1n) is 4.94. The molecule has 0 fully saturated rings. The summed E-state index contributed by atoms with van der Waals surface area (Å²) >= 11 is 6.61. The first-order valence-corrected chi connectivity index (χ1v) is 6.09. The van der Waals surface area contributed by atoms with E-state index >= 15 is 0 Å². The van der Waals surface area contributed by atoms with E-state index in [-0.39, 0.29) is 10.6 Å². The Balaban J connectivity index is 2.44. The van der Waals surface area contributed by atoms with Crippen LogP contribution in [0.4, 0.5) is 4.39 Å². The average Bonchev–Trinajstić information content (AvgIpc) is 2.76. The number of aryl methyl sites for hydroxylation is 1.